The minimum absolute atomic E-state index is 0.0122. The molecule has 0 radical (unpaired) electrons. The van der Waals surface area contributed by atoms with Crippen molar-refractivity contribution in [3.8, 4) is 5.75 Å². The summed E-state index contributed by atoms with van der Waals surface area (Å²) in [5.74, 6) is 1.31. The third kappa shape index (κ3) is 3.94. The van der Waals surface area contributed by atoms with Gasteiger partial charge >= 0.3 is 0 Å². The Morgan fingerprint density at radius 1 is 1.34 bits per heavy atom. The molecule has 2 aromatic heterocycles. The second-order valence-electron chi connectivity index (χ2n) is 7.80. The first kappa shape index (κ1) is 19.7. The molecule has 3 heterocycles. The van der Waals surface area contributed by atoms with E-state index < -0.39 is 0 Å². The van der Waals surface area contributed by atoms with Gasteiger partial charge in [0.1, 0.15) is 17.0 Å². The molecule has 1 amide bonds. The topological polar surface area (TPSA) is 63.5 Å². The average molecular weight is 414 g/mol. The standard InChI is InChI=1S/C21H27N5O2S/c1-14-5-6-17(28-4)18-19(14)29-21(23-18)26-9-7-15(8-10-26)11-25(3)20(27)16-12-24(2)13-22-16/h5-6,12-13,15H,7-11H2,1-4H3. The Kier molecular flexibility index (Phi) is 5.45. The van der Waals surface area contributed by atoms with Crippen molar-refractivity contribution in [2.24, 2.45) is 13.0 Å². The van der Waals surface area contributed by atoms with Crippen molar-refractivity contribution < 1.29 is 9.53 Å². The first-order valence-corrected chi connectivity index (χ1v) is 10.7. The molecule has 0 unspecified atom stereocenters. The van der Waals surface area contributed by atoms with Gasteiger partial charge in [0.25, 0.3) is 5.91 Å². The second kappa shape index (κ2) is 8.02. The highest BCUT2D eigenvalue weighted by atomic mass is 32.1. The van der Waals surface area contributed by atoms with Gasteiger partial charge < -0.3 is 19.1 Å². The number of carbonyl (C=O) groups is 1. The number of anilines is 1. The highest BCUT2D eigenvalue weighted by Crippen LogP contribution is 2.37. The molecule has 0 N–H and O–H groups in total. The number of amides is 1. The van der Waals surface area contributed by atoms with E-state index in [2.05, 4.69) is 22.9 Å². The number of imidazole rings is 1. The summed E-state index contributed by atoms with van der Waals surface area (Å²) >= 11 is 1.74. The molecule has 4 rings (SSSR count). The number of carbonyl (C=O) groups excluding carboxylic acids is 1. The second-order valence-corrected chi connectivity index (χ2v) is 8.78. The van der Waals surface area contributed by atoms with Gasteiger partial charge in [-0.25, -0.2) is 9.97 Å². The lowest BCUT2D eigenvalue weighted by Gasteiger charge is -2.33. The number of methoxy groups -OCH3 is 1. The van der Waals surface area contributed by atoms with Crippen LogP contribution in [0.15, 0.2) is 24.7 Å². The van der Waals surface area contributed by atoms with Gasteiger partial charge in [-0.15, -0.1) is 0 Å². The zero-order valence-corrected chi connectivity index (χ0v) is 18.2. The SMILES string of the molecule is COc1ccc(C)c2sc(N3CCC(CN(C)C(=O)c4cn(C)cn4)CC3)nc12. The Morgan fingerprint density at radius 3 is 2.76 bits per heavy atom. The maximum Gasteiger partial charge on any atom is 0.273 e. The fraction of sp³-hybridized carbons (Fsp3) is 0.476. The highest BCUT2D eigenvalue weighted by molar-refractivity contribution is 7.22. The Morgan fingerprint density at radius 2 is 2.10 bits per heavy atom. The van der Waals surface area contributed by atoms with E-state index >= 15 is 0 Å². The smallest absolute Gasteiger partial charge is 0.273 e. The van der Waals surface area contributed by atoms with E-state index in [1.165, 1.54) is 10.3 Å². The summed E-state index contributed by atoms with van der Waals surface area (Å²) in [6, 6.07) is 4.08. The van der Waals surface area contributed by atoms with E-state index in [9.17, 15) is 4.79 Å². The zero-order chi connectivity index (χ0) is 20.5. The van der Waals surface area contributed by atoms with Gasteiger partial charge in [-0.3, -0.25) is 4.79 Å². The monoisotopic (exact) mass is 413 g/mol. The lowest BCUT2D eigenvalue weighted by Crippen LogP contribution is -2.39. The lowest BCUT2D eigenvalue weighted by molar-refractivity contribution is 0.0759. The van der Waals surface area contributed by atoms with Gasteiger partial charge in [-0.2, -0.15) is 0 Å². The van der Waals surface area contributed by atoms with E-state index in [4.69, 9.17) is 9.72 Å². The van der Waals surface area contributed by atoms with E-state index in [-0.39, 0.29) is 5.91 Å². The maximum atomic E-state index is 12.5. The summed E-state index contributed by atoms with van der Waals surface area (Å²) in [4.78, 5) is 25.7. The third-order valence-electron chi connectivity index (χ3n) is 5.60. The van der Waals surface area contributed by atoms with E-state index in [1.807, 2.05) is 20.2 Å². The number of nitrogens with zero attached hydrogens (tertiary/aromatic N) is 5. The normalized spacial score (nSPS) is 15.1. The summed E-state index contributed by atoms with van der Waals surface area (Å²) < 4.78 is 8.48. The molecule has 1 saturated heterocycles. The fourth-order valence-corrected chi connectivity index (χ4v) is 5.00. The number of aromatic nitrogens is 3. The Labute approximate surface area is 174 Å². The summed E-state index contributed by atoms with van der Waals surface area (Å²) in [6.45, 7) is 4.79. The maximum absolute atomic E-state index is 12.5. The van der Waals surface area contributed by atoms with Crippen LogP contribution >= 0.6 is 11.3 Å². The Bertz CT molecular complexity index is 1020. The van der Waals surface area contributed by atoms with Crippen molar-refractivity contribution in [1.82, 2.24) is 19.4 Å². The van der Waals surface area contributed by atoms with E-state index in [0.717, 1.165) is 48.9 Å². The number of fused-ring (bicyclic) bond motifs is 1. The van der Waals surface area contributed by atoms with Crippen LogP contribution in [0.3, 0.4) is 0 Å². The number of ether oxygens (including phenoxy) is 1. The van der Waals surface area contributed by atoms with Crippen LogP contribution < -0.4 is 9.64 Å². The molecule has 0 atom stereocenters. The zero-order valence-electron chi connectivity index (χ0n) is 17.4. The summed E-state index contributed by atoms with van der Waals surface area (Å²) in [7, 11) is 5.43. The van der Waals surface area contributed by atoms with Crippen molar-refractivity contribution in [1.29, 1.82) is 0 Å². The number of hydrogen-bond acceptors (Lipinski definition) is 6. The van der Waals surface area contributed by atoms with Crippen molar-refractivity contribution in [2.75, 3.05) is 38.7 Å². The largest absolute Gasteiger partial charge is 0.494 e. The lowest BCUT2D eigenvalue weighted by atomic mass is 9.96. The third-order valence-corrected chi connectivity index (χ3v) is 6.85. The number of hydrogen-bond donors (Lipinski definition) is 0. The molecule has 1 aliphatic heterocycles. The average Bonchev–Trinajstić information content (AvgIpc) is 3.36. The predicted molar refractivity (Wildman–Crippen MR) is 116 cm³/mol. The van der Waals surface area contributed by atoms with Crippen LogP contribution in [0.4, 0.5) is 5.13 Å². The molecule has 8 heteroatoms. The van der Waals surface area contributed by atoms with Crippen LogP contribution in [0.5, 0.6) is 5.75 Å². The number of piperidine rings is 1. The van der Waals surface area contributed by atoms with Gasteiger partial charge in [0.05, 0.1) is 18.1 Å². The Balaban J connectivity index is 1.39. The van der Waals surface area contributed by atoms with Crippen molar-refractivity contribution in [3.63, 3.8) is 0 Å². The van der Waals surface area contributed by atoms with Gasteiger partial charge in [-0.1, -0.05) is 17.4 Å². The fourth-order valence-electron chi connectivity index (χ4n) is 3.89. The van der Waals surface area contributed by atoms with E-state index in [0.29, 0.717) is 11.6 Å². The molecule has 0 spiro atoms. The molecule has 0 bridgehead atoms. The summed E-state index contributed by atoms with van der Waals surface area (Å²) in [5, 5.41) is 1.06. The molecule has 29 heavy (non-hydrogen) atoms. The predicted octanol–water partition coefficient (Wildman–Crippen LogP) is 3.34. The molecule has 3 aromatic rings. The van der Waals surface area contributed by atoms with Gasteiger partial charge in [0.2, 0.25) is 0 Å². The van der Waals surface area contributed by atoms with Crippen LogP contribution in [0.25, 0.3) is 10.2 Å². The highest BCUT2D eigenvalue weighted by Gasteiger charge is 2.25. The summed E-state index contributed by atoms with van der Waals surface area (Å²) in [5.41, 5.74) is 2.69. The van der Waals surface area contributed by atoms with Gasteiger partial charge in [0, 0.05) is 39.9 Å². The molecule has 154 valence electrons. The molecular weight excluding hydrogens is 386 g/mol. The van der Waals surface area contributed by atoms with Crippen LogP contribution in [0.1, 0.15) is 28.9 Å². The van der Waals surface area contributed by atoms with Crippen LogP contribution in [-0.4, -0.2) is 59.1 Å². The minimum atomic E-state index is -0.0122. The molecule has 0 aliphatic carbocycles. The van der Waals surface area contributed by atoms with Crippen molar-refractivity contribution >= 4 is 32.6 Å². The number of thiazole rings is 1. The number of aryl methyl sites for hydroxylation is 2. The number of benzene rings is 1. The van der Waals surface area contributed by atoms with Crippen molar-refractivity contribution in [2.45, 2.75) is 19.8 Å². The van der Waals surface area contributed by atoms with Crippen molar-refractivity contribution in [3.05, 3.63) is 35.9 Å². The molecule has 7 nitrogen and oxygen atoms in total. The minimum Gasteiger partial charge on any atom is -0.494 e. The first-order valence-electron chi connectivity index (χ1n) is 9.88. The molecule has 1 aliphatic rings. The first-order chi connectivity index (χ1) is 14.0. The number of rotatable bonds is 5. The quantitative estimate of drug-likeness (QED) is 0.642. The summed E-state index contributed by atoms with van der Waals surface area (Å²) in [6.07, 6.45) is 5.52. The molecule has 1 fully saturated rings. The van der Waals surface area contributed by atoms with Gasteiger partial charge in [-0.05, 0) is 37.3 Å². The Hall–Kier alpha value is -2.61. The van der Waals surface area contributed by atoms with Gasteiger partial charge in [0.15, 0.2) is 5.13 Å². The molecular formula is C21H27N5O2S. The molecule has 0 saturated carbocycles. The van der Waals surface area contributed by atoms with Crippen LogP contribution in [0.2, 0.25) is 0 Å². The van der Waals surface area contributed by atoms with E-state index in [1.54, 1.807) is 40.4 Å². The van der Waals surface area contributed by atoms with Crippen LogP contribution in [-0.2, 0) is 7.05 Å². The molecule has 1 aromatic carbocycles. The van der Waals surface area contributed by atoms with Crippen LogP contribution in [0, 0.1) is 12.8 Å².